The van der Waals surface area contributed by atoms with Gasteiger partial charge in [0.15, 0.2) is 0 Å². The molecule has 0 aromatic heterocycles. The van der Waals surface area contributed by atoms with Crippen molar-refractivity contribution in [1.29, 1.82) is 0 Å². The highest BCUT2D eigenvalue weighted by Crippen LogP contribution is 2.37. The molecule has 2 nitrogen and oxygen atoms in total. The molecular weight excluding hydrogens is 401 g/mol. The Morgan fingerprint density at radius 1 is 0.931 bits per heavy atom. The number of aryl methyl sites for hydroxylation is 1. The second kappa shape index (κ2) is 8.28. The first-order valence-electron chi connectivity index (χ1n) is 9.44. The standard InChI is InChI=1S/C25H19Cl2NO/c1-2-17-8-6-7-11-23(17)28-24(18-9-4-3-5-10-18)15-20(25(28)29)14-19-12-13-21(26)16-22(19)27/h3-16H,2H2,1H3/b20-14+. The molecule has 4 rings (SSSR count). The van der Waals surface area contributed by atoms with E-state index in [0.29, 0.717) is 15.6 Å². The molecule has 0 aliphatic carbocycles. The van der Waals surface area contributed by atoms with Gasteiger partial charge in [-0.1, -0.05) is 84.7 Å². The Labute approximate surface area is 180 Å². The Hall–Kier alpha value is -2.81. The van der Waals surface area contributed by atoms with Crippen LogP contribution in [0.25, 0.3) is 11.8 Å². The molecule has 0 fully saturated rings. The number of rotatable bonds is 4. The number of halogens is 2. The number of hydrogen-bond acceptors (Lipinski definition) is 1. The first-order chi connectivity index (χ1) is 14.1. The van der Waals surface area contributed by atoms with E-state index in [2.05, 4.69) is 13.0 Å². The van der Waals surface area contributed by atoms with Gasteiger partial charge in [-0.05, 0) is 53.5 Å². The minimum absolute atomic E-state index is 0.0734. The van der Waals surface area contributed by atoms with Crippen LogP contribution in [0, 0.1) is 0 Å². The normalized spacial score (nSPS) is 15.1. The molecule has 1 aliphatic heterocycles. The first kappa shape index (κ1) is 19.5. The van der Waals surface area contributed by atoms with Crippen LogP contribution in [0.3, 0.4) is 0 Å². The molecule has 1 aliphatic rings. The van der Waals surface area contributed by atoms with Crippen molar-refractivity contribution in [2.24, 2.45) is 0 Å². The van der Waals surface area contributed by atoms with E-state index < -0.39 is 0 Å². The number of hydrogen-bond donors (Lipinski definition) is 0. The lowest BCUT2D eigenvalue weighted by Gasteiger charge is -2.23. The highest BCUT2D eigenvalue weighted by atomic mass is 35.5. The molecule has 0 saturated carbocycles. The fraction of sp³-hybridized carbons (Fsp3) is 0.0800. The summed E-state index contributed by atoms with van der Waals surface area (Å²) >= 11 is 12.3. The summed E-state index contributed by atoms with van der Waals surface area (Å²) in [7, 11) is 0. The number of para-hydroxylation sites is 1. The lowest BCUT2D eigenvalue weighted by atomic mass is 10.1. The number of amides is 1. The van der Waals surface area contributed by atoms with Crippen molar-refractivity contribution >= 4 is 46.6 Å². The Bertz CT molecular complexity index is 1130. The molecule has 0 unspecified atom stereocenters. The van der Waals surface area contributed by atoms with Crippen LogP contribution in [0.2, 0.25) is 10.0 Å². The van der Waals surface area contributed by atoms with Crippen molar-refractivity contribution in [3.63, 3.8) is 0 Å². The predicted molar refractivity (Wildman–Crippen MR) is 122 cm³/mol. The van der Waals surface area contributed by atoms with Crippen LogP contribution in [0.1, 0.15) is 23.6 Å². The molecule has 144 valence electrons. The van der Waals surface area contributed by atoms with Crippen molar-refractivity contribution in [2.45, 2.75) is 13.3 Å². The smallest absolute Gasteiger partial charge is 0.262 e. The van der Waals surface area contributed by atoms with Crippen LogP contribution in [0.4, 0.5) is 5.69 Å². The van der Waals surface area contributed by atoms with E-state index in [0.717, 1.165) is 34.5 Å². The van der Waals surface area contributed by atoms with E-state index in [-0.39, 0.29) is 5.91 Å². The zero-order chi connectivity index (χ0) is 20.4. The zero-order valence-electron chi connectivity index (χ0n) is 15.9. The highest BCUT2D eigenvalue weighted by Gasteiger charge is 2.31. The number of carbonyl (C=O) groups is 1. The lowest BCUT2D eigenvalue weighted by molar-refractivity contribution is -0.113. The van der Waals surface area contributed by atoms with Crippen molar-refractivity contribution in [3.05, 3.63) is 111 Å². The molecule has 0 spiro atoms. The molecule has 0 bridgehead atoms. The molecule has 0 N–H and O–H groups in total. The van der Waals surface area contributed by atoms with Gasteiger partial charge < -0.3 is 0 Å². The molecule has 29 heavy (non-hydrogen) atoms. The second-order valence-electron chi connectivity index (χ2n) is 6.78. The molecule has 0 atom stereocenters. The van der Waals surface area contributed by atoms with Crippen molar-refractivity contribution in [3.8, 4) is 0 Å². The van der Waals surface area contributed by atoms with E-state index >= 15 is 0 Å². The molecule has 0 radical (unpaired) electrons. The van der Waals surface area contributed by atoms with Gasteiger partial charge in [-0.3, -0.25) is 9.69 Å². The summed E-state index contributed by atoms with van der Waals surface area (Å²) in [6.07, 6.45) is 4.58. The fourth-order valence-corrected chi connectivity index (χ4v) is 3.95. The van der Waals surface area contributed by atoms with E-state index in [1.165, 1.54) is 0 Å². The Kier molecular flexibility index (Phi) is 5.57. The van der Waals surface area contributed by atoms with Crippen LogP contribution < -0.4 is 4.90 Å². The second-order valence-corrected chi connectivity index (χ2v) is 7.63. The molecule has 3 aromatic rings. The van der Waals surface area contributed by atoms with Crippen molar-refractivity contribution in [1.82, 2.24) is 0 Å². The third-order valence-corrected chi connectivity index (χ3v) is 5.50. The summed E-state index contributed by atoms with van der Waals surface area (Å²) in [5, 5.41) is 1.08. The van der Waals surface area contributed by atoms with Crippen molar-refractivity contribution < 1.29 is 4.79 Å². The zero-order valence-corrected chi connectivity index (χ0v) is 17.4. The summed E-state index contributed by atoms with van der Waals surface area (Å²) in [6.45, 7) is 2.09. The van der Waals surface area contributed by atoms with E-state index in [9.17, 15) is 4.79 Å². The molecule has 3 aromatic carbocycles. The SMILES string of the molecule is CCc1ccccc1N1C(=O)/C(=C/c2ccc(Cl)cc2Cl)C=C1c1ccccc1. The number of carbonyl (C=O) groups excluding carboxylic acids is 1. The van der Waals surface area contributed by atoms with Gasteiger partial charge in [0.05, 0.1) is 11.4 Å². The third kappa shape index (κ3) is 3.87. The van der Waals surface area contributed by atoms with E-state index in [4.69, 9.17) is 23.2 Å². The average molecular weight is 420 g/mol. The largest absolute Gasteiger partial charge is 0.276 e. The van der Waals surface area contributed by atoms with Crippen LogP contribution >= 0.6 is 23.2 Å². The number of benzene rings is 3. The van der Waals surface area contributed by atoms with E-state index in [1.54, 1.807) is 17.0 Å². The third-order valence-electron chi connectivity index (χ3n) is 4.94. The van der Waals surface area contributed by atoms with Gasteiger partial charge in [0, 0.05) is 15.6 Å². The maximum atomic E-state index is 13.5. The maximum absolute atomic E-state index is 13.5. The first-order valence-corrected chi connectivity index (χ1v) is 10.2. The minimum atomic E-state index is -0.0734. The number of nitrogens with zero attached hydrogens (tertiary/aromatic N) is 1. The molecular formula is C25H19Cl2NO. The molecule has 4 heteroatoms. The van der Waals surface area contributed by atoms with Gasteiger partial charge in [0.25, 0.3) is 5.91 Å². The molecule has 0 saturated heterocycles. The summed E-state index contributed by atoms with van der Waals surface area (Å²) in [6, 6.07) is 23.2. The van der Waals surface area contributed by atoms with E-state index in [1.807, 2.05) is 66.7 Å². The Morgan fingerprint density at radius 2 is 1.66 bits per heavy atom. The summed E-state index contributed by atoms with van der Waals surface area (Å²) < 4.78 is 0. The number of anilines is 1. The van der Waals surface area contributed by atoms with Crippen LogP contribution in [-0.4, -0.2) is 5.91 Å². The van der Waals surface area contributed by atoms with Crippen LogP contribution in [-0.2, 0) is 11.2 Å². The molecule has 1 heterocycles. The monoisotopic (exact) mass is 419 g/mol. The van der Waals surface area contributed by atoms with Gasteiger partial charge in [-0.25, -0.2) is 0 Å². The molecule has 1 amide bonds. The van der Waals surface area contributed by atoms with Gasteiger partial charge in [-0.2, -0.15) is 0 Å². The van der Waals surface area contributed by atoms with Crippen molar-refractivity contribution in [2.75, 3.05) is 4.90 Å². The minimum Gasteiger partial charge on any atom is -0.276 e. The Balaban J connectivity index is 1.86. The lowest BCUT2D eigenvalue weighted by Crippen LogP contribution is -2.26. The predicted octanol–water partition coefficient (Wildman–Crippen LogP) is 7.03. The maximum Gasteiger partial charge on any atom is 0.262 e. The van der Waals surface area contributed by atoms with Gasteiger partial charge >= 0.3 is 0 Å². The summed E-state index contributed by atoms with van der Waals surface area (Å²) in [5.41, 5.74) is 5.20. The quantitative estimate of drug-likeness (QED) is 0.415. The topological polar surface area (TPSA) is 20.3 Å². The van der Waals surface area contributed by atoms with Crippen LogP contribution in [0.5, 0.6) is 0 Å². The van der Waals surface area contributed by atoms with Gasteiger partial charge in [-0.15, -0.1) is 0 Å². The Morgan fingerprint density at radius 3 is 2.38 bits per heavy atom. The van der Waals surface area contributed by atoms with Crippen LogP contribution in [0.15, 0.2) is 84.4 Å². The highest BCUT2D eigenvalue weighted by molar-refractivity contribution is 6.35. The fourth-order valence-electron chi connectivity index (χ4n) is 3.49. The summed E-state index contributed by atoms with van der Waals surface area (Å²) in [4.78, 5) is 15.3. The summed E-state index contributed by atoms with van der Waals surface area (Å²) in [5.74, 6) is -0.0734. The average Bonchev–Trinajstić information content (AvgIpc) is 3.06. The van der Waals surface area contributed by atoms with Gasteiger partial charge in [0.2, 0.25) is 0 Å². The van der Waals surface area contributed by atoms with Gasteiger partial charge in [0.1, 0.15) is 0 Å².